The number of halogens is 1. The molecular weight excluding hydrogens is 194 g/mol. The van der Waals surface area contributed by atoms with Gasteiger partial charge in [-0.05, 0) is 6.07 Å². The Bertz CT molecular complexity index is 304. The fraction of sp³-hybridized carbons (Fsp3) is 0.250. The molecule has 72 valence electrons. The van der Waals surface area contributed by atoms with E-state index in [1.54, 1.807) is 0 Å². The van der Waals surface area contributed by atoms with E-state index in [-0.39, 0.29) is 12.4 Å². The molecule has 1 aromatic carbocycles. The summed E-state index contributed by atoms with van der Waals surface area (Å²) in [5.74, 6) is 5.22. The molecule has 0 saturated carbocycles. The van der Waals surface area contributed by atoms with Crippen molar-refractivity contribution in [3.8, 4) is 11.5 Å². The van der Waals surface area contributed by atoms with Gasteiger partial charge in [0.25, 0.3) is 0 Å². The molecule has 1 aromatic rings. The van der Waals surface area contributed by atoms with E-state index in [4.69, 9.17) is 22.2 Å². The molecule has 5 heteroatoms. The zero-order chi connectivity index (χ0) is 9.84. The molecular formula is C8H10ClNO3. The lowest BCUT2D eigenvalue weighted by molar-refractivity contribution is 0.124. The van der Waals surface area contributed by atoms with Gasteiger partial charge in [-0.2, -0.15) is 0 Å². The number of hydrogen-bond donors (Lipinski definition) is 2. The van der Waals surface area contributed by atoms with Crippen molar-refractivity contribution in [1.29, 1.82) is 0 Å². The van der Waals surface area contributed by atoms with Crippen LogP contribution in [-0.2, 0) is 11.4 Å². The number of ether oxygens (including phenoxy) is 1. The fourth-order valence-corrected chi connectivity index (χ4v) is 1.16. The van der Waals surface area contributed by atoms with Gasteiger partial charge in [0.15, 0.2) is 11.5 Å². The van der Waals surface area contributed by atoms with Crippen LogP contribution < -0.4 is 10.6 Å². The molecule has 0 saturated heterocycles. The zero-order valence-corrected chi connectivity index (χ0v) is 7.84. The Morgan fingerprint density at radius 3 is 2.77 bits per heavy atom. The fourth-order valence-electron chi connectivity index (χ4n) is 0.951. The Labute approximate surface area is 80.8 Å². The number of methoxy groups -OCH3 is 1. The summed E-state index contributed by atoms with van der Waals surface area (Å²) in [5, 5.41) is 9.81. The Kier molecular flexibility index (Phi) is 3.36. The molecule has 0 bridgehead atoms. The van der Waals surface area contributed by atoms with Gasteiger partial charge in [0.1, 0.15) is 0 Å². The maximum atomic E-state index is 9.36. The second-order valence-electron chi connectivity index (χ2n) is 2.43. The Hall–Kier alpha value is -0.970. The molecule has 0 radical (unpaired) electrons. The van der Waals surface area contributed by atoms with Gasteiger partial charge >= 0.3 is 0 Å². The van der Waals surface area contributed by atoms with Gasteiger partial charge in [0.05, 0.1) is 18.7 Å². The summed E-state index contributed by atoms with van der Waals surface area (Å²) >= 11 is 5.83. The van der Waals surface area contributed by atoms with Crippen molar-refractivity contribution < 1.29 is 14.7 Å². The van der Waals surface area contributed by atoms with Crippen molar-refractivity contribution in [2.75, 3.05) is 7.11 Å². The van der Waals surface area contributed by atoms with Gasteiger partial charge in [0.2, 0.25) is 0 Å². The molecule has 13 heavy (non-hydrogen) atoms. The second kappa shape index (κ2) is 4.32. The van der Waals surface area contributed by atoms with E-state index in [0.29, 0.717) is 16.3 Å². The van der Waals surface area contributed by atoms with E-state index in [2.05, 4.69) is 4.84 Å². The van der Waals surface area contributed by atoms with E-state index in [1.807, 2.05) is 0 Å². The monoisotopic (exact) mass is 203 g/mol. The highest BCUT2D eigenvalue weighted by Gasteiger charge is 2.07. The lowest BCUT2D eigenvalue weighted by Gasteiger charge is -2.07. The summed E-state index contributed by atoms with van der Waals surface area (Å²) in [6, 6.07) is 2.96. The molecule has 0 amide bonds. The maximum Gasteiger partial charge on any atom is 0.161 e. The average Bonchev–Trinajstić information content (AvgIpc) is 2.11. The number of benzene rings is 1. The minimum Gasteiger partial charge on any atom is -0.504 e. The summed E-state index contributed by atoms with van der Waals surface area (Å²) in [6.07, 6.45) is 0. The van der Waals surface area contributed by atoms with Gasteiger partial charge in [-0.1, -0.05) is 11.6 Å². The molecule has 0 aliphatic carbocycles. The van der Waals surface area contributed by atoms with Gasteiger partial charge in [-0.15, -0.1) is 0 Å². The highest BCUT2D eigenvalue weighted by atomic mass is 35.5. The number of hydrogen-bond acceptors (Lipinski definition) is 4. The lowest BCUT2D eigenvalue weighted by Crippen LogP contribution is -1.99. The standard InChI is InChI=1S/C8H10ClNO3/c1-12-8-3-6(9)5(4-13-10)2-7(8)11/h2-3,11H,4,10H2,1H3. The third-order valence-electron chi connectivity index (χ3n) is 1.59. The Morgan fingerprint density at radius 2 is 2.23 bits per heavy atom. The van der Waals surface area contributed by atoms with Crippen molar-refractivity contribution in [3.63, 3.8) is 0 Å². The molecule has 0 spiro atoms. The SMILES string of the molecule is COc1cc(Cl)c(CON)cc1O. The molecule has 0 aromatic heterocycles. The maximum absolute atomic E-state index is 9.36. The van der Waals surface area contributed by atoms with Crippen LogP contribution in [0.2, 0.25) is 5.02 Å². The van der Waals surface area contributed by atoms with E-state index in [0.717, 1.165) is 0 Å². The van der Waals surface area contributed by atoms with Crippen molar-refractivity contribution >= 4 is 11.6 Å². The number of rotatable bonds is 3. The first kappa shape index (κ1) is 10.1. The minimum absolute atomic E-state index is 0.0129. The van der Waals surface area contributed by atoms with Crippen LogP contribution in [-0.4, -0.2) is 12.2 Å². The van der Waals surface area contributed by atoms with Crippen LogP contribution in [0.1, 0.15) is 5.56 Å². The van der Waals surface area contributed by atoms with Crippen molar-refractivity contribution in [2.24, 2.45) is 5.90 Å². The van der Waals surface area contributed by atoms with Gasteiger partial charge < -0.3 is 9.84 Å². The predicted molar refractivity (Wildman–Crippen MR) is 48.6 cm³/mol. The molecule has 0 unspecified atom stereocenters. The van der Waals surface area contributed by atoms with E-state index in [1.165, 1.54) is 19.2 Å². The van der Waals surface area contributed by atoms with Crippen LogP contribution in [0.15, 0.2) is 12.1 Å². The van der Waals surface area contributed by atoms with Gasteiger partial charge in [-0.3, -0.25) is 4.84 Å². The first-order chi connectivity index (χ1) is 6.19. The van der Waals surface area contributed by atoms with Crippen molar-refractivity contribution in [2.45, 2.75) is 6.61 Å². The van der Waals surface area contributed by atoms with E-state index in [9.17, 15) is 5.11 Å². The normalized spacial score (nSPS) is 10.1. The third kappa shape index (κ3) is 2.24. The molecule has 0 heterocycles. The highest BCUT2D eigenvalue weighted by Crippen LogP contribution is 2.32. The van der Waals surface area contributed by atoms with Crippen LogP contribution in [0, 0.1) is 0 Å². The molecule has 4 nitrogen and oxygen atoms in total. The predicted octanol–water partition coefficient (Wildman–Crippen LogP) is 1.44. The first-order valence-electron chi connectivity index (χ1n) is 3.56. The number of phenols is 1. The quantitative estimate of drug-likeness (QED) is 0.730. The molecule has 0 aliphatic rings. The van der Waals surface area contributed by atoms with Crippen LogP contribution in [0.5, 0.6) is 11.5 Å². The zero-order valence-electron chi connectivity index (χ0n) is 7.08. The van der Waals surface area contributed by atoms with Crippen molar-refractivity contribution in [3.05, 3.63) is 22.7 Å². The summed E-state index contributed by atoms with van der Waals surface area (Å²) in [5.41, 5.74) is 0.613. The minimum atomic E-state index is 0.0129. The number of nitrogens with two attached hydrogens (primary N) is 1. The summed E-state index contributed by atoms with van der Waals surface area (Å²) in [4.78, 5) is 4.40. The van der Waals surface area contributed by atoms with E-state index < -0.39 is 0 Å². The first-order valence-corrected chi connectivity index (χ1v) is 3.94. The smallest absolute Gasteiger partial charge is 0.161 e. The Balaban J connectivity index is 3.05. The highest BCUT2D eigenvalue weighted by molar-refractivity contribution is 6.31. The number of aromatic hydroxyl groups is 1. The summed E-state index contributed by atoms with van der Waals surface area (Å²) in [7, 11) is 1.45. The molecule has 0 aliphatic heterocycles. The van der Waals surface area contributed by atoms with Gasteiger partial charge in [0, 0.05) is 11.6 Å². The van der Waals surface area contributed by atoms with Crippen LogP contribution >= 0.6 is 11.6 Å². The molecule has 0 fully saturated rings. The van der Waals surface area contributed by atoms with Gasteiger partial charge in [-0.25, -0.2) is 5.90 Å². The average molecular weight is 204 g/mol. The second-order valence-corrected chi connectivity index (χ2v) is 2.83. The summed E-state index contributed by atoms with van der Waals surface area (Å²) in [6.45, 7) is 0.149. The van der Waals surface area contributed by atoms with Crippen molar-refractivity contribution in [1.82, 2.24) is 0 Å². The van der Waals surface area contributed by atoms with Crippen LogP contribution in [0.3, 0.4) is 0 Å². The summed E-state index contributed by atoms with van der Waals surface area (Å²) < 4.78 is 4.85. The Morgan fingerprint density at radius 1 is 1.54 bits per heavy atom. The largest absolute Gasteiger partial charge is 0.504 e. The molecule has 0 atom stereocenters. The number of phenolic OH excluding ortho intramolecular Hbond substituents is 1. The van der Waals surface area contributed by atoms with Crippen LogP contribution in [0.4, 0.5) is 0 Å². The topological polar surface area (TPSA) is 64.7 Å². The third-order valence-corrected chi connectivity index (χ3v) is 1.94. The molecule has 3 N–H and O–H groups in total. The lowest BCUT2D eigenvalue weighted by atomic mass is 10.2. The van der Waals surface area contributed by atoms with Crippen LogP contribution in [0.25, 0.3) is 0 Å². The van der Waals surface area contributed by atoms with E-state index >= 15 is 0 Å². The molecule has 1 rings (SSSR count).